The molecule has 92 valence electrons. The van der Waals surface area contributed by atoms with Crippen molar-refractivity contribution in [2.24, 2.45) is 0 Å². The van der Waals surface area contributed by atoms with Crippen LogP contribution in [0.3, 0.4) is 0 Å². The lowest BCUT2D eigenvalue weighted by atomic mass is 10.3. The van der Waals surface area contributed by atoms with E-state index in [4.69, 9.17) is 0 Å². The summed E-state index contributed by atoms with van der Waals surface area (Å²) in [6, 6.07) is 9.10. The summed E-state index contributed by atoms with van der Waals surface area (Å²) in [7, 11) is 0. The fourth-order valence-electron chi connectivity index (χ4n) is 1.81. The molecule has 0 spiro atoms. The zero-order valence-electron chi connectivity index (χ0n) is 9.41. The van der Waals surface area contributed by atoms with Crippen LogP contribution >= 0.6 is 23.1 Å². The Morgan fingerprint density at radius 3 is 2.50 bits per heavy atom. The Labute approximate surface area is 111 Å². The molecule has 0 aliphatic rings. The van der Waals surface area contributed by atoms with Gasteiger partial charge in [-0.3, -0.25) is 17.5 Å². The minimum atomic E-state index is -0.00541. The van der Waals surface area contributed by atoms with E-state index in [9.17, 15) is 9.59 Å². The fourth-order valence-corrected chi connectivity index (χ4v) is 3.47. The molecule has 2 aromatic heterocycles. The number of hydrogen-bond donors (Lipinski definition) is 0. The summed E-state index contributed by atoms with van der Waals surface area (Å²) in [5.41, 5.74) is 0.0226. The topological polar surface area (TPSA) is 44.0 Å². The predicted molar refractivity (Wildman–Crippen MR) is 74.7 cm³/mol. The Morgan fingerprint density at radius 2 is 1.78 bits per heavy atom. The quantitative estimate of drug-likeness (QED) is 0.735. The van der Waals surface area contributed by atoms with E-state index in [1.165, 1.54) is 23.1 Å². The molecule has 3 aromatic rings. The summed E-state index contributed by atoms with van der Waals surface area (Å²) in [6.45, 7) is 1.09. The van der Waals surface area contributed by atoms with Gasteiger partial charge in [0.05, 0.1) is 23.2 Å². The van der Waals surface area contributed by atoms with Crippen LogP contribution in [0.25, 0.3) is 10.1 Å². The first-order chi connectivity index (χ1) is 8.75. The summed E-state index contributed by atoms with van der Waals surface area (Å²) >= 11 is 2.82. The maximum atomic E-state index is 12.1. The van der Waals surface area contributed by atoms with E-state index in [1.807, 2.05) is 24.3 Å². The van der Waals surface area contributed by atoms with Crippen LogP contribution in [0.1, 0.15) is 0 Å². The van der Waals surface area contributed by atoms with Crippen molar-refractivity contribution in [3.63, 3.8) is 0 Å². The molecule has 6 heteroatoms. The van der Waals surface area contributed by atoms with Gasteiger partial charge in [-0.2, -0.15) is 0 Å². The first kappa shape index (κ1) is 11.4. The predicted octanol–water partition coefficient (Wildman–Crippen LogP) is 1.99. The van der Waals surface area contributed by atoms with Gasteiger partial charge in [-0.15, -0.1) is 0 Å². The third-order valence-corrected chi connectivity index (χ3v) is 4.70. The van der Waals surface area contributed by atoms with Crippen LogP contribution in [0.15, 0.2) is 45.3 Å². The lowest BCUT2D eigenvalue weighted by Gasteiger charge is -2.00. The van der Waals surface area contributed by atoms with Crippen LogP contribution in [0.2, 0.25) is 0 Å². The molecule has 1 aromatic carbocycles. The molecule has 0 atom stereocenters. The molecule has 0 bridgehead atoms. The molecule has 0 aliphatic carbocycles. The zero-order chi connectivity index (χ0) is 12.5. The molecule has 4 nitrogen and oxygen atoms in total. The maximum Gasteiger partial charge on any atom is 0.268 e. The van der Waals surface area contributed by atoms with Crippen LogP contribution in [0.4, 0.5) is 0 Å². The highest BCUT2D eigenvalue weighted by Crippen LogP contribution is 2.15. The first-order valence-corrected chi connectivity index (χ1v) is 7.10. The second kappa shape index (κ2) is 4.55. The summed E-state index contributed by atoms with van der Waals surface area (Å²) in [4.78, 5) is 23.4. The van der Waals surface area contributed by atoms with E-state index in [0.29, 0.717) is 13.1 Å². The Hall–Kier alpha value is -1.66. The minimum Gasteiger partial charge on any atom is -0.268 e. The van der Waals surface area contributed by atoms with Gasteiger partial charge < -0.3 is 0 Å². The molecule has 2 heterocycles. The van der Waals surface area contributed by atoms with E-state index < -0.39 is 0 Å². The molecule has 18 heavy (non-hydrogen) atoms. The van der Waals surface area contributed by atoms with E-state index in [0.717, 1.165) is 10.1 Å². The van der Waals surface area contributed by atoms with Crippen molar-refractivity contribution in [2.45, 2.75) is 13.1 Å². The number of rotatable bonds is 3. The number of nitrogens with zero attached hydrogens (tertiary/aromatic N) is 2. The van der Waals surface area contributed by atoms with Crippen molar-refractivity contribution in [3.8, 4) is 0 Å². The smallest absolute Gasteiger partial charge is 0.268 e. The molecule has 0 N–H and O–H groups in total. The first-order valence-electron chi connectivity index (χ1n) is 5.49. The summed E-state index contributed by atoms with van der Waals surface area (Å²) in [6.07, 6.45) is 0. The molecular weight excluding hydrogens is 268 g/mol. The molecule has 0 unspecified atom stereocenters. The van der Waals surface area contributed by atoms with Crippen molar-refractivity contribution in [1.82, 2.24) is 7.91 Å². The number of fused-ring (bicyclic) bond motifs is 1. The summed E-state index contributed by atoms with van der Waals surface area (Å²) in [5, 5.41) is 2.51. The Balaban J connectivity index is 1.92. The Kier molecular flexibility index (Phi) is 2.89. The average molecular weight is 278 g/mol. The fraction of sp³-hybridized carbons (Fsp3) is 0.167. The number of aromatic nitrogens is 2. The van der Waals surface area contributed by atoms with Crippen LogP contribution in [-0.2, 0) is 13.1 Å². The van der Waals surface area contributed by atoms with Crippen LogP contribution in [-0.4, -0.2) is 7.91 Å². The number of hydrogen-bond acceptors (Lipinski definition) is 4. The Morgan fingerprint density at radius 1 is 1.00 bits per heavy atom. The van der Waals surface area contributed by atoms with Gasteiger partial charge >= 0.3 is 0 Å². The van der Waals surface area contributed by atoms with Gasteiger partial charge in [-0.1, -0.05) is 35.2 Å². The van der Waals surface area contributed by atoms with Gasteiger partial charge in [0.25, 0.3) is 11.1 Å². The molecular formula is C12H10N2O2S2. The second-order valence-corrected chi connectivity index (χ2v) is 5.83. The number of aryl methyl sites for hydroxylation is 2. The highest BCUT2D eigenvalue weighted by molar-refractivity contribution is 7.13. The standard InChI is InChI=1S/C12H10N2O2S2/c15-11-5-8-17-13(11)6-7-14-12(16)9-3-1-2-4-10(9)18-14/h1-5,8H,6-7H2. The van der Waals surface area contributed by atoms with E-state index >= 15 is 0 Å². The molecule has 0 saturated heterocycles. The average Bonchev–Trinajstić information content (AvgIpc) is 2.92. The third kappa shape index (κ3) is 1.93. The van der Waals surface area contributed by atoms with Crippen LogP contribution < -0.4 is 11.1 Å². The largest absolute Gasteiger partial charge is 0.268 e. The molecule has 0 aliphatic heterocycles. The van der Waals surface area contributed by atoms with Crippen molar-refractivity contribution in [3.05, 3.63) is 56.4 Å². The number of benzene rings is 1. The lowest BCUT2D eigenvalue weighted by Crippen LogP contribution is -2.20. The zero-order valence-corrected chi connectivity index (χ0v) is 11.0. The van der Waals surface area contributed by atoms with Gasteiger partial charge in [0.1, 0.15) is 0 Å². The van der Waals surface area contributed by atoms with Gasteiger partial charge in [0.2, 0.25) is 0 Å². The molecule has 3 rings (SSSR count). The minimum absolute atomic E-state index is 0.00541. The monoisotopic (exact) mass is 278 g/mol. The van der Waals surface area contributed by atoms with E-state index in [-0.39, 0.29) is 11.1 Å². The van der Waals surface area contributed by atoms with Gasteiger partial charge in [0, 0.05) is 11.4 Å². The SMILES string of the molecule is O=c1ccsn1CCn1sc2ccccc2c1=O. The van der Waals surface area contributed by atoms with Gasteiger partial charge in [0.15, 0.2) is 0 Å². The van der Waals surface area contributed by atoms with Crippen molar-refractivity contribution < 1.29 is 0 Å². The van der Waals surface area contributed by atoms with Crippen LogP contribution in [0, 0.1) is 0 Å². The van der Waals surface area contributed by atoms with E-state index in [2.05, 4.69) is 0 Å². The van der Waals surface area contributed by atoms with E-state index in [1.54, 1.807) is 19.4 Å². The Bertz CT molecular complexity index is 794. The van der Waals surface area contributed by atoms with Crippen LogP contribution in [0.5, 0.6) is 0 Å². The molecule has 0 radical (unpaired) electrons. The third-order valence-electron chi connectivity index (χ3n) is 2.70. The molecule has 0 saturated carbocycles. The summed E-state index contributed by atoms with van der Waals surface area (Å²) < 4.78 is 4.34. The van der Waals surface area contributed by atoms with Crippen molar-refractivity contribution in [1.29, 1.82) is 0 Å². The van der Waals surface area contributed by atoms with Crippen molar-refractivity contribution >= 4 is 33.2 Å². The van der Waals surface area contributed by atoms with Gasteiger partial charge in [-0.05, 0) is 12.1 Å². The normalized spacial score (nSPS) is 11.1. The lowest BCUT2D eigenvalue weighted by molar-refractivity contribution is 0.622. The second-order valence-electron chi connectivity index (χ2n) is 3.84. The van der Waals surface area contributed by atoms with Gasteiger partial charge in [-0.25, -0.2) is 0 Å². The summed E-state index contributed by atoms with van der Waals surface area (Å²) in [5.74, 6) is 0. The highest BCUT2D eigenvalue weighted by atomic mass is 32.1. The van der Waals surface area contributed by atoms with Crippen molar-refractivity contribution in [2.75, 3.05) is 0 Å². The molecule has 0 amide bonds. The highest BCUT2D eigenvalue weighted by Gasteiger charge is 2.06. The molecule has 0 fully saturated rings. The maximum absolute atomic E-state index is 12.1.